The maximum atomic E-state index is 10.3. The Kier molecular flexibility index (Phi) is 4.94. The SMILES string of the molecule is CC(O)(P(=O)(O)O)P(=O)(O)O.[Mn]. The van der Waals surface area contributed by atoms with Crippen molar-refractivity contribution in [3.05, 3.63) is 0 Å². The first-order valence-corrected chi connectivity index (χ1v) is 5.56. The minimum Gasteiger partial charge on any atom is -0.368 e. The summed E-state index contributed by atoms with van der Waals surface area (Å²) in [6.07, 6.45) is 0. The van der Waals surface area contributed by atoms with Crippen LogP contribution in [0.1, 0.15) is 6.92 Å². The van der Waals surface area contributed by atoms with Crippen molar-refractivity contribution < 1.29 is 50.9 Å². The van der Waals surface area contributed by atoms with Gasteiger partial charge >= 0.3 is 15.2 Å². The molecular formula is C2H8MnO7P2. The van der Waals surface area contributed by atoms with Crippen molar-refractivity contribution >= 4 is 15.2 Å². The van der Waals surface area contributed by atoms with Crippen molar-refractivity contribution in [2.24, 2.45) is 0 Å². The molecule has 5 N–H and O–H groups in total. The third-order valence-electron chi connectivity index (χ3n) is 1.10. The van der Waals surface area contributed by atoms with Gasteiger partial charge in [0, 0.05) is 17.1 Å². The third kappa shape index (κ3) is 2.92. The second kappa shape index (κ2) is 3.88. The summed E-state index contributed by atoms with van der Waals surface area (Å²) in [6, 6.07) is 0. The van der Waals surface area contributed by atoms with Gasteiger partial charge in [-0.15, -0.1) is 0 Å². The van der Waals surface area contributed by atoms with Crippen molar-refractivity contribution in [2.75, 3.05) is 0 Å². The van der Waals surface area contributed by atoms with E-state index in [2.05, 4.69) is 0 Å². The van der Waals surface area contributed by atoms with Crippen LogP contribution in [-0.2, 0) is 26.2 Å². The molecule has 0 aliphatic carbocycles. The summed E-state index contributed by atoms with van der Waals surface area (Å²) in [4.78, 5) is 33.0. The summed E-state index contributed by atoms with van der Waals surface area (Å²) >= 11 is 0. The molecule has 0 aliphatic rings. The van der Waals surface area contributed by atoms with Crippen LogP contribution in [0.25, 0.3) is 0 Å². The predicted octanol–water partition coefficient (Wildman–Crippen LogP) is -0.995. The zero-order valence-corrected chi connectivity index (χ0v) is 8.79. The number of aliphatic hydroxyl groups is 1. The van der Waals surface area contributed by atoms with E-state index in [4.69, 9.17) is 24.7 Å². The van der Waals surface area contributed by atoms with E-state index in [0.29, 0.717) is 6.92 Å². The van der Waals surface area contributed by atoms with Crippen molar-refractivity contribution in [1.29, 1.82) is 0 Å². The zero-order valence-electron chi connectivity index (χ0n) is 5.82. The van der Waals surface area contributed by atoms with E-state index in [1.165, 1.54) is 0 Å². The van der Waals surface area contributed by atoms with Crippen LogP contribution in [0.15, 0.2) is 0 Å². The maximum absolute atomic E-state index is 10.3. The average Bonchev–Trinajstić information content (AvgIpc) is 1.58. The van der Waals surface area contributed by atoms with Crippen LogP contribution in [0.4, 0.5) is 0 Å². The smallest absolute Gasteiger partial charge is 0.368 e. The van der Waals surface area contributed by atoms with Crippen LogP contribution in [0.3, 0.4) is 0 Å². The topological polar surface area (TPSA) is 135 Å². The minimum atomic E-state index is -5.20. The van der Waals surface area contributed by atoms with Gasteiger partial charge < -0.3 is 24.7 Å². The first-order valence-electron chi connectivity index (χ1n) is 2.34. The van der Waals surface area contributed by atoms with Crippen LogP contribution >= 0.6 is 15.2 Å². The molecule has 0 heterocycles. The van der Waals surface area contributed by atoms with Gasteiger partial charge in [0.25, 0.3) is 5.08 Å². The molecule has 0 bridgehead atoms. The summed E-state index contributed by atoms with van der Waals surface area (Å²) in [6.45, 7) is 0.383. The molecule has 0 saturated heterocycles. The van der Waals surface area contributed by atoms with Crippen LogP contribution in [0.2, 0.25) is 0 Å². The van der Waals surface area contributed by atoms with Gasteiger partial charge in [-0.05, 0) is 6.92 Å². The van der Waals surface area contributed by atoms with Crippen molar-refractivity contribution in [3.63, 3.8) is 0 Å². The molecule has 75 valence electrons. The number of hydrogen-bond acceptors (Lipinski definition) is 3. The van der Waals surface area contributed by atoms with Gasteiger partial charge in [0.05, 0.1) is 0 Å². The van der Waals surface area contributed by atoms with Crippen molar-refractivity contribution in [3.8, 4) is 0 Å². The molecule has 1 radical (unpaired) electrons. The molecule has 7 nitrogen and oxygen atoms in total. The third-order valence-corrected chi connectivity index (χ3v) is 4.87. The van der Waals surface area contributed by atoms with Gasteiger partial charge in [-0.1, -0.05) is 0 Å². The molecule has 0 unspecified atom stereocenters. The Balaban J connectivity index is 0. The first-order chi connectivity index (χ1) is 4.50. The Morgan fingerprint density at radius 1 is 1.00 bits per heavy atom. The van der Waals surface area contributed by atoms with Crippen molar-refractivity contribution in [2.45, 2.75) is 12.0 Å². The van der Waals surface area contributed by atoms with E-state index in [1.807, 2.05) is 0 Å². The van der Waals surface area contributed by atoms with Crippen molar-refractivity contribution in [1.82, 2.24) is 0 Å². The minimum absolute atomic E-state index is 0. The second-order valence-corrected chi connectivity index (χ2v) is 6.33. The summed E-state index contributed by atoms with van der Waals surface area (Å²) in [5, 5.41) is 5.37. The van der Waals surface area contributed by atoms with Gasteiger partial charge in [0.2, 0.25) is 0 Å². The Bertz CT molecular complexity index is 212. The summed E-state index contributed by atoms with van der Waals surface area (Å²) < 4.78 is 20.5. The van der Waals surface area contributed by atoms with E-state index >= 15 is 0 Å². The van der Waals surface area contributed by atoms with E-state index in [9.17, 15) is 9.13 Å². The quantitative estimate of drug-likeness (QED) is 0.318. The van der Waals surface area contributed by atoms with Crippen LogP contribution in [0.5, 0.6) is 0 Å². The fourth-order valence-corrected chi connectivity index (χ4v) is 1.53. The molecule has 0 aromatic carbocycles. The molecule has 0 aromatic rings. The number of hydrogen-bond donors (Lipinski definition) is 5. The van der Waals surface area contributed by atoms with Gasteiger partial charge in [-0.3, -0.25) is 9.13 Å². The summed E-state index contributed by atoms with van der Waals surface area (Å²) in [5.41, 5.74) is 0. The molecule has 0 aliphatic heterocycles. The Labute approximate surface area is 78.6 Å². The standard InChI is InChI=1S/C2H8O7P2.Mn/c1-2(3,10(4,5)6)11(7,8)9;/h3H,1H3,(H2,4,5,6)(H2,7,8,9);. The van der Waals surface area contributed by atoms with Crippen LogP contribution < -0.4 is 0 Å². The molecule has 0 atom stereocenters. The monoisotopic (exact) mass is 261 g/mol. The summed E-state index contributed by atoms with van der Waals surface area (Å²) in [7, 11) is -10.4. The van der Waals surface area contributed by atoms with E-state index in [0.717, 1.165) is 0 Å². The average molecular weight is 261 g/mol. The van der Waals surface area contributed by atoms with Crippen LogP contribution in [-0.4, -0.2) is 29.8 Å². The fourth-order valence-electron chi connectivity index (χ4n) is 0.170. The molecule has 0 aromatic heterocycles. The molecule has 0 spiro atoms. The van der Waals surface area contributed by atoms with Gasteiger partial charge in [0.15, 0.2) is 0 Å². The Morgan fingerprint density at radius 3 is 1.17 bits per heavy atom. The first kappa shape index (κ1) is 15.3. The number of rotatable bonds is 2. The molecule has 10 heteroatoms. The van der Waals surface area contributed by atoms with Crippen LogP contribution in [0, 0.1) is 0 Å². The Hall–Kier alpha value is 0.779. The van der Waals surface area contributed by atoms with Gasteiger partial charge in [-0.2, -0.15) is 0 Å². The Morgan fingerprint density at radius 2 is 1.17 bits per heavy atom. The molecule has 0 fully saturated rings. The molecule has 0 saturated carbocycles. The normalized spacial score (nSPS) is 13.8. The largest absolute Gasteiger partial charge is 0.369 e. The van der Waals surface area contributed by atoms with E-state index in [-0.39, 0.29) is 17.1 Å². The van der Waals surface area contributed by atoms with E-state index < -0.39 is 20.3 Å². The van der Waals surface area contributed by atoms with Gasteiger partial charge in [-0.25, -0.2) is 0 Å². The zero-order chi connectivity index (χ0) is 9.50. The van der Waals surface area contributed by atoms with Gasteiger partial charge in [0.1, 0.15) is 0 Å². The fraction of sp³-hybridized carbons (Fsp3) is 1.00. The molecule has 12 heavy (non-hydrogen) atoms. The molecular weight excluding hydrogens is 253 g/mol. The predicted molar refractivity (Wildman–Crippen MR) is 34.7 cm³/mol. The van der Waals surface area contributed by atoms with E-state index in [1.54, 1.807) is 0 Å². The molecule has 0 rings (SSSR count). The second-order valence-electron chi connectivity index (χ2n) is 2.06. The molecule has 0 amide bonds. The summed E-state index contributed by atoms with van der Waals surface area (Å²) in [5.74, 6) is 0. The maximum Gasteiger partial charge on any atom is 0.369 e.